The first-order chi connectivity index (χ1) is 6.15. The molecule has 13 heavy (non-hydrogen) atoms. The molecule has 4 heteroatoms. The number of aryl methyl sites for hydroxylation is 1. The zero-order valence-electron chi connectivity index (χ0n) is 7.03. The van der Waals surface area contributed by atoms with Gasteiger partial charge in [-0.3, -0.25) is 0 Å². The van der Waals surface area contributed by atoms with Crippen LogP contribution in [0.25, 0.3) is 0 Å². The van der Waals surface area contributed by atoms with Gasteiger partial charge in [-0.1, -0.05) is 5.92 Å². The minimum atomic E-state index is -0.981. The second kappa shape index (κ2) is 3.97. The van der Waals surface area contributed by atoms with Crippen molar-refractivity contribution in [3.8, 4) is 18.1 Å². The van der Waals surface area contributed by atoms with E-state index in [9.17, 15) is 4.79 Å². The van der Waals surface area contributed by atoms with Crippen molar-refractivity contribution in [2.45, 2.75) is 6.92 Å². The molecular weight excluding hydrogens is 188 g/mol. The Morgan fingerprint density at radius 2 is 2.54 bits per heavy atom. The Labute approximate surface area is 80.0 Å². The first-order valence-electron chi connectivity index (χ1n) is 3.55. The summed E-state index contributed by atoms with van der Waals surface area (Å²) < 4.78 is 5.06. The number of hydrogen-bond donors (Lipinski definition) is 1. The molecule has 0 amide bonds. The van der Waals surface area contributed by atoms with Crippen LogP contribution in [-0.4, -0.2) is 17.7 Å². The summed E-state index contributed by atoms with van der Waals surface area (Å²) in [7, 11) is 0. The monoisotopic (exact) mass is 196 g/mol. The van der Waals surface area contributed by atoms with Gasteiger partial charge in [0.15, 0.2) is 4.88 Å². The molecule has 1 aromatic heterocycles. The highest BCUT2D eigenvalue weighted by molar-refractivity contribution is 7.14. The predicted molar refractivity (Wildman–Crippen MR) is 50.3 cm³/mol. The van der Waals surface area contributed by atoms with Crippen molar-refractivity contribution in [1.82, 2.24) is 0 Å². The van der Waals surface area contributed by atoms with Crippen molar-refractivity contribution < 1.29 is 14.6 Å². The van der Waals surface area contributed by atoms with Gasteiger partial charge in [-0.25, -0.2) is 4.79 Å². The summed E-state index contributed by atoms with van der Waals surface area (Å²) in [6, 6.07) is 1.67. The number of carboxylic acids is 1. The zero-order valence-corrected chi connectivity index (χ0v) is 7.85. The Balaban J connectivity index is 2.92. The van der Waals surface area contributed by atoms with E-state index in [1.165, 1.54) is 11.3 Å². The topological polar surface area (TPSA) is 46.5 Å². The van der Waals surface area contributed by atoms with Crippen molar-refractivity contribution in [1.29, 1.82) is 0 Å². The molecule has 0 saturated carbocycles. The van der Waals surface area contributed by atoms with E-state index in [2.05, 4.69) is 5.92 Å². The summed E-state index contributed by atoms with van der Waals surface area (Å²) in [5.74, 6) is 1.65. The van der Waals surface area contributed by atoms with Crippen molar-refractivity contribution in [2.24, 2.45) is 0 Å². The van der Waals surface area contributed by atoms with E-state index in [4.69, 9.17) is 16.3 Å². The van der Waals surface area contributed by atoms with Gasteiger partial charge in [-0.2, -0.15) is 0 Å². The zero-order chi connectivity index (χ0) is 9.84. The molecule has 1 aromatic rings. The third kappa shape index (κ3) is 2.23. The molecule has 1 rings (SSSR count). The molecule has 0 aliphatic heterocycles. The number of carboxylic acid groups (broad SMARTS) is 1. The van der Waals surface area contributed by atoms with E-state index in [1.807, 2.05) is 6.92 Å². The smallest absolute Gasteiger partial charge is 0.349 e. The molecule has 1 heterocycles. The normalized spacial score (nSPS) is 9.23. The largest absolute Gasteiger partial charge is 0.479 e. The SMILES string of the molecule is C#CCOc1cc(C)sc1C(=O)O. The summed E-state index contributed by atoms with van der Waals surface area (Å²) in [4.78, 5) is 11.8. The van der Waals surface area contributed by atoms with Crippen LogP contribution in [0.3, 0.4) is 0 Å². The number of aromatic carboxylic acids is 1. The van der Waals surface area contributed by atoms with E-state index in [1.54, 1.807) is 6.07 Å². The fraction of sp³-hybridized carbons (Fsp3) is 0.222. The Bertz CT molecular complexity index is 359. The molecule has 0 aromatic carbocycles. The fourth-order valence-corrected chi connectivity index (χ4v) is 1.66. The summed E-state index contributed by atoms with van der Waals surface area (Å²) in [6.07, 6.45) is 4.99. The third-order valence-electron chi connectivity index (χ3n) is 1.33. The molecule has 1 N–H and O–H groups in total. The van der Waals surface area contributed by atoms with Crippen molar-refractivity contribution >= 4 is 17.3 Å². The minimum Gasteiger partial charge on any atom is -0.479 e. The molecule has 0 unspecified atom stereocenters. The Hall–Kier alpha value is -1.47. The summed E-state index contributed by atoms with van der Waals surface area (Å²) in [5.41, 5.74) is 0. The number of ether oxygens (including phenoxy) is 1. The van der Waals surface area contributed by atoms with Crippen LogP contribution in [0.15, 0.2) is 6.07 Å². The van der Waals surface area contributed by atoms with E-state index in [-0.39, 0.29) is 11.5 Å². The molecule has 3 nitrogen and oxygen atoms in total. The molecule has 68 valence electrons. The highest BCUT2D eigenvalue weighted by Crippen LogP contribution is 2.28. The quantitative estimate of drug-likeness (QED) is 0.749. The first-order valence-corrected chi connectivity index (χ1v) is 4.36. The number of terminal acetylenes is 1. The van der Waals surface area contributed by atoms with Crippen LogP contribution >= 0.6 is 11.3 Å². The van der Waals surface area contributed by atoms with Gasteiger partial charge in [0.05, 0.1) is 0 Å². The molecule has 0 fully saturated rings. The van der Waals surface area contributed by atoms with Crippen LogP contribution in [0.5, 0.6) is 5.75 Å². The average Bonchev–Trinajstić information content (AvgIpc) is 2.43. The van der Waals surface area contributed by atoms with Crippen LogP contribution in [0.1, 0.15) is 14.5 Å². The lowest BCUT2D eigenvalue weighted by Crippen LogP contribution is -1.99. The maximum atomic E-state index is 10.7. The number of thiophene rings is 1. The minimum absolute atomic E-state index is 0.0937. The maximum Gasteiger partial charge on any atom is 0.349 e. The number of hydrogen-bond acceptors (Lipinski definition) is 3. The van der Waals surface area contributed by atoms with Crippen molar-refractivity contribution in [3.05, 3.63) is 15.8 Å². The van der Waals surface area contributed by atoms with E-state index < -0.39 is 5.97 Å². The van der Waals surface area contributed by atoms with E-state index in [0.29, 0.717) is 5.75 Å². The molecular formula is C9H8O3S. The van der Waals surface area contributed by atoms with Crippen LogP contribution in [-0.2, 0) is 0 Å². The Morgan fingerprint density at radius 1 is 1.85 bits per heavy atom. The standard InChI is InChI=1S/C9H8O3S/c1-3-4-12-7-5-6(2)13-8(7)9(10)11/h1,5H,4H2,2H3,(H,10,11). The second-order valence-electron chi connectivity index (χ2n) is 2.35. The highest BCUT2D eigenvalue weighted by Gasteiger charge is 2.14. The summed E-state index contributed by atoms with van der Waals surface area (Å²) in [6.45, 7) is 1.91. The van der Waals surface area contributed by atoms with Crippen molar-refractivity contribution in [2.75, 3.05) is 6.61 Å². The maximum absolute atomic E-state index is 10.7. The lowest BCUT2D eigenvalue weighted by Gasteiger charge is -1.98. The van der Waals surface area contributed by atoms with Gasteiger partial charge in [-0.05, 0) is 13.0 Å². The number of rotatable bonds is 3. The van der Waals surface area contributed by atoms with E-state index >= 15 is 0 Å². The lowest BCUT2D eigenvalue weighted by molar-refractivity contribution is 0.0698. The highest BCUT2D eigenvalue weighted by atomic mass is 32.1. The second-order valence-corrected chi connectivity index (χ2v) is 3.60. The van der Waals surface area contributed by atoms with Crippen LogP contribution < -0.4 is 4.74 Å². The van der Waals surface area contributed by atoms with Gasteiger partial charge in [0.1, 0.15) is 12.4 Å². The first kappa shape index (κ1) is 9.62. The number of carbonyl (C=O) groups is 1. The van der Waals surface area contributed by atoms with Gasteiger partial charge < -0.3 is 9.84 Å². The summed E-state index contributed by atoms with van der Waals surface area (Å²) in [5, 5.41) is 8.76. The van der Waals surface area contributed by atoms with Gasteiger partial charge in [0.25, 0.3) is 0 Å². The Morgan fingerprint density at radius 3 is 3.08 bits per heavy atom. The molecule has 0 atom stereocenters. The molecule has 0 bridgehead atoms. The van der Waals surface area contributed by atoms with Gasteiger partial charge in [0, 0.05) is 4.88 Å². The summed E-state index contributed by atoms with van der Waals surface area (Å²) >= 11 is 1.18. The van der Waals surface area contributed by atoms with Gasteiger partial charge in [-0.15, -0.1) is 17.8 Å². The van der Waals surface area contributed by atoms with E-state index in [0.717, 1.165) is 4.88 Å². The molecule has 0 radical (unpaired) electrons. The molecule has 0 saturated heterocycles. The van der Waals surface area contributed by atoms with Crippen LogP contribution in [0.4, 0.5) is 0 Å². The van der Waals surface area contributed by atoms with Crippen LogP contribution in [0, 0.1) is 19.3 Å². The fourth-order valence-electron chi connectivity index (χ4n) is 0.867. The molecule has 0 aliphatic carbocycles. The third-order valence-corrected chi connectivity index (χ3v) is 2.35. The molecule has 0 spiro atoms. The van der Waals surface area contributed by atoms with Gasteiger partial charge in [0.2, 0.25) is 0 Å². The van der Waals surface area contributed by atoms with Gasteiger partial charge >= 0.3 is 5.97 Å². The average molecular weight is 196 g/mol. The lowest BCUT2D eigenvalue weighted by atomic mass is 10.4. The predicted octanol–water partition coefficient (Wildman–Crippen LogP) is 1.77. The van der Waals surface area contributed by atoms with Crippen LogP contribution in [0.2, 0.25) is 0 Å². The molecule has 0 aliphatic rings. The Kier molecular flexibility index (Phi) is 2.93. The van der Waals surface area contributed by atoms with Crippen molar-refractivity contribution in [3.63, 3.8) is 0 Å².